The van der Waals surface area contributed by atoms with Gasteiger partial charge in [0.25, 0.3) is 5.56 Å². The Balaban J connectivity index is 1.28. The summed E-state index contributed by atoms with van der Waals surface area (Å²) in [7, 11) is 2.19. The van der Waals surface area contributed by atoms with E-state index in [1.54, 1.807) is 6.07 Å². The van der Waals surface area contributed by atoms with E-state index < -0.39 is 0 Å². The van der Waals surface area contributed by atoms with Crippen LogP contribution in [0.4, 0.5) is 0 Å². The molecule has 4 heterocycles. The second kappa shape index (κ2) is 8.08. The third-order valence-corrected chi connectivity index (χ3v) is 6.68. The second-order valence-electron chi connectivity index (χ2n) is 7.73. The Bertz CT molecular complexity index is 847. The summed E-state index contributed by atoms with van der Waals surface area (Å²) >= 11 is 1.44. The Labute approximate surface area is 163 Å². The van der Waals surface area contributed by atoms with E-state index in [4.69, 9.17) is 0 Å². The number of piperidine rings is 2. The minimum atomic E-state index is -0.145. The van der Waals surface area contributed by atoms with Crippen molar-refractivity contribution in [2.75, 3.05) is 33.2 Å². The minimum absolute atomic E-state index is 0.0345. The molecule has 0 atom stereocenters. The number of nitrogens with zero attached hydrogens (tertiary/aromatic N) is 4. The monoisotopic (exact) mass is 389 g/mol. The summed E-state index contributed by atoms with van der Waals surface area (Å²) in [6.45, 7) is 4.48. The molecular formula is C19H27N5O2S. The van der Waals surface area contributed by atoms with Gasteiger partial charge in [-0.05, 0) is 57.3 Å². The van der Waals surface area contributed by atoms with E-state index in [1.165, 1.54) is 48.2 Å². The van der Waals surface area contributed by atoms with Gasteiger partial charge in [0.05, 0.1) is 11.7 Å². The fourth-order valence-corrected chi connectivity index (χ4v) is 4.93. The van der Waals surface area contributed by atoms with Gasteiger partial charge in [-0.2, -0.15) is 0 Å². The summed E-state index contributed by atoms with van der Waals surface area (Å²) < 4.78 is 1.40. The Morgan fingerprint density at radius 3 is 2.70 bits per heavy atom. The molecule has 0 radical (unpaired) electrons. The lowest BCUT2D eigenvalue weighted by Gasteiger charge is -2.41. The molecule has 2 saturated heterocycles. The normalized spacial score (nSPS) is 20.9. The average Bonchev–Trinajstić information content (AvgIpc) is 3.15. The van der Waals surface area contributed by atoms with Crippen LogP contribution in [0.25, 0.3) is 10.2 Å². The van der Waals surface area contributed by atoms with Crippen LogP contribution in [-0.2, 0) is 11.3 Å². The maximum atomic E-state index is 12.4. The Kier molecular flexibility index (Phi) is 5.56. The van der Waals surface area contributed by atoms with Crippen LogP contribution >= 0.6 is 11.3 Å². The highest BCUT2D eigenvalue weighted by molar-refractivity contribution is 7.16. The fraction of sp³-hybridized carbons (Fsp3) is 0.632. The van der Waals surface area contributed by atoms with Crippen LogP contribution in [-0.4, -0.2) is 70.6 Å². The van der Waals surface area contributed by atoms with Gasteiger partial charge >= 0.3 is 0 Å². The Morgan fingerprint density at radius 2 is 1.96 bits per heavy atom. The molecule has 7 nitrogen and oxygen atoms in total. The van der Waals surface area contributed by atoms with Crippen molar-refractivity contribution in [3.8, 4) is 0 Å². The Hall–Kier alpha value is -1.77. The van der Waals surface area contributed by atoms with E-state index >= 15 is 0 Å². The lowest BCUT2D eigenvalue weighted by atomic mass is 9.98. The molecule has 4 rings (SSSR count). The number of carbonyl (C=O) groups excluding carboxylic acids is 1. The first-order chi connectivity index (χ1) is 13.1. The number of carbonyl (C=O) groups is 1. The topological polar surface area (TPSA) is 70.5 Å². The van der Waals surface area contributed by atoms with Crippen LogP contribution in [0.2, 0.25) is 0 Å². The molecule has 0 bridgehead atoms. The molecule has 2 aliphatic rings. The van der Waals surface area contributed by atoms with Crippen LogP contribution < -0.4 is 10.9 Å². The third kappa shape index (κ3) is 4.23. The lowest BCUT2D eigenvalue weighted by Crippen LogP contribution is -2.51. The van der Waals surface area contributed by atoms with E-state index in [0.717, 1.165) is 30.8 Å². The number of thiophene rings is 1. The number of hydrogen-bond donors (Lipinski definition) is 1. The van der Waals surface area contributed by atoms with Crippen molar-refractivity contribution in [3.63, 3.8) is 0 Å². The zero-order valence-electron chi connectivity index (χ0n) is 15.8. The van der Waals surface area contributed by atoms with Crippen molar-refractivity contribution >= 4 is 27.5 Å². The molecule has 1 amide bonds. The maximum Gasteiger partial charge on any atom is 0.262 e. The maximum absolute atomic E-state index is 12.4. The second-order valence-corrected chi connectivity index (χ2v) is 8.62. The van der Waals surface area contributed by atoms with Crippen LogP contribution in [0.1, 0.15) is 25.7 Å². The zero-order chi connectivity index (χ0) is 18.8. The summed E-state index contributed by atoms with van der Waals surface area (Å²) in [6, 6.07) is 2.66. The molecule has 8 heteroatoms. The molecule has 1 N–H and O–H groups in total. The van der Waals surface area contributed by atoms with Crippen molar-refractivity contribution in [3.05, 3.63) is 28.1 Å². The van der Waals surface area contributed by atoms with Crippen LogP contribution in [0.3, 0.4) is 0 Å². The molecule has 0 saturated carbocycles. The van der Waals surface area contributed by atoms with E-state index in [-0.39, 0.29) is 24.1 Å². The molecule has 0 aromatic carbocycles. The molecule has 146 valence electrons. The van der Waals surface area contributed by atoms with Gasteiger partial charge < -0.3 is 15.1 Å². The number of fused-ring (bicyclic) bond motifs is 1. The first-order valence-electron chi connectivity index (χ1n) is 9.75. The van der Waals surface area contributed by atoms with E-state index in [9.17, 15) is 9.59 Å². The number of rotatable bonds is 4. The molecule has 0 spiro atoms. The van der Waals surface area contributed by atoms with Crippen molar-refractivity contribution in [2.45, 2.75) is 44.3 Å². The Morgan fingerprint density at radius 1 is 1.22 bits per heavy atom. The van der Waals surface area contributed by atoms with E-state index in [1.807, 2.05) is 5.38 Å². The molecular weight excluding hydrogens is 362 g/mol. The van der Waals surface area contributed by atoms with Gasteiger partial charge in [0, 0.05) is 25.2 Å². The van der Waals surface area contributed by atoms with Crippen molar-refractivity contribution in [1.82, 2.24) is 24.7 Å². The summed E-state index contributed by atoms with van der Waals surface area (Å²) in [6.07, 6.45) is 5.93. The third-order valence-electron chi connectivity index (χ3n) is 5.86. The van der Waals surface area contributed by atoms with Crippen LogP contribution in [0.15, 0.2) is 22.6 Å². The predicted octanol–water partition coefficient (Wildman–Crippen LogP) is 1.13. The number of aromatic nitrogens is 2. The van der Waals surface area contributed by atoms with Crippen molar-refractivity contribution in [1.29, 1.82) is 0 Å². The average molecular weight is 390 g/mol. The summed E-state index contributed by atoms with van der Waals surface area (Å²) in [4.78, 5) is 34.8. The minimum Gasteiger partial charge on any atom is -0.352 e. The predicted molar refractivity (Wildman–Crippen MR) is 107 cm³/mol. The number of amides is 1. The van der Waals surface area contributed by atoms with Crippen LogP contribution in [0.5, 0.6) is 0 Å². The quantitative estimate of drug-likeness (QED) is 0.849. The molecule has 2 aromatic rings. The van der Waals surface area contributed by atoms with Crippen molar-refractivity contribution in [2.24, 2.45) is 0 Å². The van der Waals surface area contributed by atoms with Gasteiger partial charge in [-0.25, -0.2) is 4.98 Å². The molecule has 0 unspecified atom stereocenters. The number of likely N-dealkylation sites (tertiary alicyclic amines) is 2. The van der Waals surface area contributed by atoms with E-state index in [0.29, 0.717) is 11.4 Å². The first-order valence-corrected chi connectivity index (χ1v) is 10.6. The van der Waals surface area contributed by atoms with Gasteiger partial charge in [0.1, 0.15) is 11.4 Å². The van der Waals surface area contributed by atoms with Gasteiger partial charge in [-0.1, -0.05) is 0 Å². The SMILES string of the molecule is CN1CCC(N2CCC(NC(=O)Cn3cnc4sccc4c3=O)CC2)CC1. The molecule has 27 heavy (non-hydrogen) atoms. The fourth-order valence-electron chi connectivity index (χ4n) is 4.20. The first kappa shape index (κ1) is 18.6. The van der Waals surface area contributed by atoms with Gasteiger partial charge in [0.2, 0.25) is 5.91 Å². The summed E-state index contributed by atoms with van der Waals surface area (Å²) in [5.41, 5.74) is -0.145. The van der Waals surface area contributed by atoms with Crippen LogP contribution in [0, 0.1) is 0 Å². The van der Waals surface area contributed by atoms with Crippen molar-refractivity contribution < 1.29 is 4.79 Å². The lowest BCUT2D eigenvalue weighted by molar-refractivity contribution is -0.122. The largest absolute Gasteiger partial charge is 0.352 e. The molecule has 2 fully saturated rings. The summed E-state index contributed by atoms with van der Waals surface area (Å²) in [5, 5.41) is 5.54. The number of nitrogens with one attached hydrogen (secondary N) is 1. The highest BCUT2D eigenvalue weighted by Gasteiger charge is 2.27. The standard InChI is InChI=1S/C19H27N5O2S/c1-22-7-4-15(5-8-22)23-9-2-14(3-10-23)21-17(25)12-24-13-20-18-16(19(24)26)6-11-27-18/h6,11,13-15H,2-5,7-10,12H2,1H3,(H,21,25). The van der Waals surface area contributed by atoms with Gasteiger partial charge in [0.15, 0.2) is 0 Å². The number of hydrogen-bond acceptors (Lipinski definition) is 6. The highest BCUT2D eigenvalue weighted by atomic mass is 32.1. The zero-order valence-corrected chi connectivity index (χ0v) is 16.6. The summed E-state index contributed by atoms with van der Waals surface area (Å²) in [5.74, 6) is -0.105. The van der Waals surface area contributed by atoms with Gasteiger partial charge in [-0.15, -0.1) is 11.3 Å². The highest BCUT2D eigenvalue weighted by Crippen LogP contribution is 2.20. The molecule has 0 aliphatic carbocycles. The molecule has 2 aliphatic heterocycles. The smallest absolute Gasteiger partial charge is 0.262 e. The van der Waals surface area contributed by atoms with E-state index in [2.05, 4.69) is 27.1 Å². The van der Waals surface area contributed by atoms with Gasteiger partial charge in [-0.3, -0.25) is 14.2 Å². The molecule has 2 aromatic heterocycles.